The Morgan fingerprint density at radius 1 is 0.885 bits per heavy atom. The molecule has 0 fully saturated rings. The lowest BCUT2D eigenvalue weighted by molar-refractivity contribution is -0.142. The number of amides is 1. The fourth-order valence-electron chi connectivity index (χ4n) is 2.52. The zero-order valence-corrected chi connectivity index (χ0v) is 17.4. The highest BCUT2D eigenvalue weighted by atomic mass is 16.5. The van der Waals surface area contributed by atoms with Gasteiger partial charge in [0.25, 0.3) is 0 Å². The van der Waals surface area contributed by atoms with Crippen LogP contribution in [-0.2, 0) is 14.3 Å². The van der Waals surface area contributed by atoms with E-state index in [1.165, 1.54) is 43.3 Å². The van der Waals surface area contributed by atoms with Crippen LogP contribution >= 0.6 is 0 Å². The van der Waals surface area contributed by atoms with E-state index in [-0.39, 0.29) is 25.0 Å². The summed E-state index contributed by atoms with van der Waals surface area (Å²) in [5.41, 5.74) is 2.52. The van der Waals surface area contributed by atoms with Crippen LogP contribution < -0.4 is 5.32 Å². The Balaban J connectivity index is 3.65. The number of hydrogen-bond acceptors (Lipinski definition) is 3. The third-order valence-corrected chi connectivity index (χ3v) is 4.20. The molecular formula is C22H39NO3. The molecule has 0 aliphatic carbocycles. The second-order valence-electron chi connectivity index (χ2n) is 7.20. The molecule has 0 radical (unpaired) electrons. The molecule has 0 atom stereocenters. The van der Waals surface area contributed by atoms with E-state index in [1.807, 2.05) is 13.0 Å². The summed E-state index contributed by atoms with van der Waals surface area (Å²) in [7, 11) is 0. The molecule has 0 aromatic rings. The molecule has 0 saturated carbocycles. The summed E-state index contributed by atoms with van der Waals surface area (Å²) in [6, 6.07) is 0. The number of carbonyl (C=O) groups excluding carboxylic acids is 2. The van der Waals surface area contributed by atoms with Crippen molar-refractivity contribution in [1.82, 2.24) is 5.32 Å². The smallest absolute Gasteiger partial charge is 0.325 e. The second-order valence-corrected chi connectivity index (χ2v) is 7.20. The third kappa shape index (κ3) is 17.2. The quantitative estimate of drug-likeness (QED) is 0.237. The van der Waals surface area contributed by atoms with Crippen LogP contribution in [0.3, 0.4) is 0 Å². The van der Waals surface area contributed by atoms with Gasteiger partial charge in [-0.1, -0.05) is 62.7 Å². The van der Waals surface area contributed by atoms with Crippen molar-refractivity contribution in [2.75, 3.05) is 13.2 Å². The summed E-state index contributed by atoms with van der Waals surface area (Å²) in [6.45, 7) is 8.65. The van der Waals surface area contributed by atoms with Crippen molar-refractivity contribution in [2.45, 2.75) is 91.9 Å². The molecule has 0 rings (SSSR count). The highest BCUT2D eigenvalue weighted by molar-refractivity contribution is 5.81. The van der Waals surface area contributed by atoms with Crippen LogP contribution in [0.25, 0.3) is 0 Å². The van der Waals surface area contributed by atoms with E-state index < -0.39 is 0 Å². The van der Waals surface area contributed by atoms with Crippen molar-refractivity contribution in [3.63, 3.8) is 0 Å². The van der Waals surface area contributed by atoms with E-state index in [1.54, 1.807) is 0 Å². The Labute approximate surface area is 160 Å². The minimum atomic E-state index is -0.383. The van der Waals surface area contributed by atoms with Crippen LogP contribution in [0, 0.1) is 0 Å². The van der Waals surface area contributed by atoms with Gasteiger partial charge >= 0.3 is 5.97 Å². The van der Waals surface area contributed by atoms with Crippen LogP contribution in [0.5, 0.6) is 0 Å². The topological polar surface area (TPSA) is 55.4 Å². The maximum Gasteiger partial charge on any atom is 0.325 e. The van der Waals surface area contributed by atoms with E-state index in [4.69, 9.17) is 4.74 Å². The summed E-state index contributed by atoms with van der Waals surface area (Å²) < 4.78 is 5.13. The lowest BCUT2D eigenvalue weighted by Gasteiger charge is -2.06. The molecule has 150 valence electrons. The molecular weight excluding hydrogens is 326 g/mol. The molecule has 0 aliphatic rings. The first-order valence-electron chi connectivity index (χ1n) is 10.2. The van der Waals surface area contributed by atoms with E-state index in [2.05, 4.69) is 32.2 Å². The van der Waals surface area contributed by atoms with Gasteiger partial charge < -0.3 is 10.1 Å². The van der Waals surface area contributed by atoms with Gasteiger partial charge in [0.2, 0.25) is 5.91 Å². The number of unbranched alkanes of at least 4 members (excludes halogenated alkanes) is 6. The zero-order valence-electron chi connectivity index (χ0n) is 17.4. The summed E-state index contributed by atoms with van der Waals surface area (Å²) >= 11 is 0. The number of carbonyl (C=O) groups is 2. The van der Waals surface area contributed by atoms with E-state index in [0.717, 1.165) is 25.7 Å². The molecule has 0 heterocycles. The monoisotopic (exact) mass is 365 g/mol. The second kappa shape index (κ2) is 16.9. The number of hydrogen-bond donors (Lipinski definition) is 1. The first-order valence-corrected chi connectivity index (χ1v) is 10.2. The number of nitrogens with one attached hydrogen (secondary N) is 1. The molecule has 1 amide bonds. The van der Waals surface area contributed by atoms with Crippen molar-refractivity contribution in [3.05, 3.63) is 23.3 Å². The fraction of sp³-hybridized carbons (Fsp3) is 0.727. The molecule has 0 aromatic heterocycles. The predicted octanol–water partition coefficient (Wildman–Crippen LogP) is 5.48. The first-order chi connectivity index (χ1) is 12.5. The van der Waals surface area contributed by atoms with Crippen LogP contribution in [0.2, 0.25) is 0 Å². The molecule has 1 N–H and O–H groups in total. The van der Waals surface area contributed by atoms with Gasteiger partial charge in [0, 0.05) is 6.42 Å². The van der Waals surface area contributed by atoms with Gasteiger partial charge in [0.15, 0.2) is 0 Å². The van der Waals surface area contributed by atoms with Crippen molar-refractivity contribution >= 4 is 11.9 Å². The van der Waals surface area contributed by atoms with Crippen LogP contribution in [0.1, 0.15) is 91.9 Å². The van der Waals surface area contributed by atoms with Crippen molar-refractivity contribution < 1.29 is 14.3 Å². The fourth-order valence-corrected chi connectivity index (χ4v) is 2.52. The lowest BCUT2D eigenvalue weighted by Crippen LogP contribution is -2.30. The Morgan fingerprint density at radius 2 is 1.54 bits per heavy atom. The number of allylic oxidation sites excluding steroid dienone is 3. The lowest BCUT2D eigenvalue weighted by atomic mass is 10.1. The van der Waals surface area contributed by atoms with Crippen LogP contribution in [0.4, 0.5) is 0 Å². The van der Waals surface area contributed by atoms with Crippen molar-refractivity contribution in [3.8, 4) is 0 Å². The minimum Gasteiger partial charge on any atom is -0.460 e. The largest absolute Gasteiger partial charge is 0.460 e. The maximum absolute atomic E-state index is 11.7. The van der Waals surface area contributed by atoms with Gasteiger partial charge in [-0.05, 0) is 46.1 Å². The molecule has 0 unspecified atom stereocenters. The predicted molar refractivity (Wildman–Crippen MR) is 109 cm³/mol. The highest BCUT2D eigenvalue weighted by Gasteiger charge is 2.06. The van der Waals surface area contributed by atoms with Crippen molar-refractivity contribution in [2.24, 2.45) is 0 Å². The molecule has 0 aliphatic heterocycles. The Kier molecular flexibility index (Phi) is 15.8. The van der Waals surface area contributed by atoms with Gasteiger partial charge in [0.05, 0.1) is 0 Å². The SMILES string of the molecule is CCCCCCCCCC(=O)NCC(=O)OC/C=C(\C)CCC=C(C)C. The summed E-state index contributed by atoms with van der Waals surface area (Å²) in [6.07, 6.45) is 14.8. The Hall–Kier alpha value is -1.58. The maximum atomic E-state index is 11.7. The zero-order chi connectivity index (χ0) is 19.6. The van der Waals surface area contributed by atoms with Crippen molar-refractivity contribution in [1.29, 1.82) is 0 Å². The minimum absolute atomic E-state index is 0.0417. The first kappa shape index (κ1) is 24.4. The van der Waals surface area contributed by atoms with Crippen LogP contribution in [0.15, 0.2) is 23.3 Å². The van der Waals surface area contributed by atoms with E-state index >= 15 is 0 Å². The Morgan fingerprint density at radius 3 is 2.19 bits per heavy atom. The summed E-state index contributed by atoms with van der Waals surface area (Å²) in [5.74, 6) is -0.449. The van der Waals surface area contributed by atoms with Gasteiger partial charge in [-0.15, -0.1) is 0 Å². The van der Waals surface area contributed by atoms with Gasteiger partial charge in [-0.2, -0.15) is 0 Å². The van der Waals surface area contributed by atoms with Gasteiger partial charge in [0.1, 0.15) is 13.2 Å². The van der Waals surface area contributed by atoms with Crippen LogP contribution in [-0.4, -0.2) is 25.0 Å². The number of esters is 1. The molecule has 0 aromatic carbocycles. The summed E-state index contributed by atoms with van der Waals surface area (Å²) in [5, 5.41) is 2.64. The molecule has 0 bridgehead atoms. The molecule has 0 spiro atoms. The average Bonchev–Trinajstić information content (AvgIpc) is 2.59. The normalized spacial score (nSPS) is 11.2. The standard InChI is InChI=1S/C22H39NO3/c1-5-6-7-8-9-10-11-15-21(24)23-18-22(25)26-17-16-20(4)14-12-13-19(2)3/h13,16H,5-12,14-15,17-18H2,1-4H3,(H,23,24)/b20-16+. The number of rotatable bonds is 15. The molecule has 26 heavy (non-hydrogen) atoms. The molecule has 4 nitrogen and oxygen atoms in total. The Bertz CT molecular complexity index is 448. The highest BCUT2D eigenvalue weighted by Crippen LogP contribution is 2.08. The number of ether oxygens (including phenoxy) is 1. The third-order valence-electron chi connectivity index (χ3n) is 4.20. The average molecular weight is 366 g/mol. The van der Waals surface area contributed by atoms with Gasteiger partial charge in [-0.25, -0.2) is 0 Å². The van der Waals surface area contributed by atoms with E-state index in [9.17, 15) is 9.59 Å². The van der Waals surface area contributed by atoms with Gasteiger partial charge in [-0.3, -0.25) is 9.59 Å². The molecule has 0 saturated heterocycles. The van der Waals surface area contributed by atoms with E-state index in [0.29, 0.717) is 6.42 Å². The summed E-state index contributed by atoms with van der Waals surface area (Å²) in [4.78, 5) is 23.3. The molecule has 4 heteroatoms.